The molecule has 0 aromatic heterocycles. The van der Waals surface area contributed by atoms with Gasteiger partial charge >= 0.3 is 0 Å². The minimum Gasteiger partial charge on any atom is -0.385 e. The fourth-order valence-corrected chi connectivity index (χ4v) is 1.97. The van der Waals surface area contributed by atoms with Crippen LogP contribution in [0.4, 0.5) is 0 Å². The molecule has 0 aromatic carbocycles. The molecular formula is C9H16O6. The summed E-state index contributed by atoms with van der Waals surface area (Å²) in [5.74, 6) is 0. The third-order valence-electron chi connectivity index (χ3n) is 2.75. The number of aliphatic hydroxyl groups is 2. The Balaban J connectivity index is 2.11. The monoisotopic (exact) mass is 220 g/mol. The molecule has 0 aliphatic carbocycles. The summed E-state index contributed by atoms with van der Waals surface area (Å²) >= 11 is 0. The van der Waals surface area contributed by atoms with Gasteiger partial charge in [-0.3, -0.25) is 0 Å². The van der Waals surface area contributed by atoms with Gasteiger partial charge < -0.3 is 29.2 Å². The summed E-state index contributed by atoms with van der Waals surface area (Å²) in [4.78, 5) is 0. The van der Waals surface area contributed by atoms with E-state index in [2.05, 4.69) is 0 Å². The number of fused-ring (bicyclic) bond motifs is 1. The van der Waals surface area contributed by atoms with Crippen LogP contribution < -0.4 is 0 Å². The summed E-state index contributed by atoms with van der Waals surface area (Å²) in [6.07, 6.45) is -4.10. The summed E-state index contributed by atoms with van der Waals surface area (Å²) in [7, 11) is 1.46. The van der Waals surface area contributed by atoms with Gasteiger partial charge in [0, 0.05) is 7.11 Å². The van der Waals surface area contributed by atoms with Crippen LogP contribution in [0.25, 0.3) is 0 Å². The Hall–Kier alpha value is -0.240. The van der Waals surface area contributed by atoms with E-state index in [9.17, 15) is 10.2 Å². The largest absolute Gasteiger partial charge is 0.385 e. The molecule has 0 saturated carbocycles. The summed E-state index contributed by atoms with van der Waals surface area (Å²) in [6.45, 7) is 2.09. The van der Waals surface area contributed by atoms with Crippen molar-refractivity contribution in [3.63, 3.8) is 0 Å². The zero-order chi connectivity index (χ0) is 11.0. The van der Waals surface area contributed by atoms with Crippen molar-refractivity contribution in [1.29, 1.82) is 0 Å². The zero-order valence-corrected chi connectivity index (χ0v) is 8.70. The molecule has 6 atom stereocenters. The standard InChI is InChI=1S/C9H16O6/c1-4-13-3-5-7(14-4)8(12-2)6(10)9(11)15-5/h4-11H,3H2,1-2H3/t4?,5-,6+,7-,8+,9+/m1/s1. The SMILES string of the molecule is CO[C@H]1[C@H](O)[C@@H](O)O[C@@H]2COC(C)O[C@@H]12. The van der Waals surface area contributed by atoms with E-state index in [1.54, 1.807) is 6.92 Å². The van der Waals surface area contributed by atoms with Gasteiger partial charge in [0.15, 0.2) is 12.6 Å². The number of hydrogen-bond donors (Lipinski definition) is 2. The maximum atomic E-state index is 9.64. The lowest BCUT2D eigenvalue weighted by molar-refractivity contribution is -0.351. The van der Waals surface area contributed by atoms with Crippen molar-refractivity contribution in [2.45, 2.75) is 43.9 Å². The summed E-state index contributed by atoms with van der Waals surface area (Å²) < 4.78 is 21.0. The predicted octanol–water partition coefficient (Wildman–Crippen LogP) is -1.16. The molecule has 2 saturated heterocycles. The van der Waals surface area contributed by atoms with Crippen molar-refractivity contribution in [2.24, 2.45) is 0 Å². The van der Waals surface area contributed by atoms with Crippen LogP contribution in [0.1, 0.15) is 6.92 Å². The Morgan fingerprint density at radius 2 is 2.00 bits per heavy atom. The molecule has 2 fully saturated rings. The van der Waals surface area contributed by atoms with Gasteiger partial charge in [0.1, 0.15) is 24.4 Å². The highest BCUT2D eigenvalue weighted by atomic mass is 16.7. The molecule has 2 N–H and O–H groups in total. The number of aliphatic hydroxyl groups excluding tert-OH is 2. The van der Waals surface area contributed by atoms with Gasteiger partial charge in [-0.15, -0.1) is 0 Å². The van der Waals surface area contributed by atoms with Crippen LogP contribution in [-0.2, 0) is 18.9 Å². The first-order valence-electron chi connectivity index (χ1n) is 4.95. The van der Waals surface area contributed by atoms with Crippen molar-refractivity contribution in [2.75, 3.05) is 13.7 Å². The molecule has 0 amide bonds. The highest BCUT2D eigenvalue weighted by Crippen LogP contribution is 2.28. The van der Waals surface area contributed by atoms with Crippen LogP contribution in [0, 0.1) is 0 Å². The number of methoxy groups -OCH3 is 1. The average molecular weight is 220 g/mol. The van der Waals surface area contributed by atoms with E-state index in [4.69, 9.17) is 18.9 Å². The van der Waals surface area contributed by atoms with Gasteiger partial charge in [0.05, 0.1) is 6.61 Å². The first-order chi connectivity index (χ1) is 7.13. The Kier molecular flexibility index (Phi) is 3.24. The molecule has 2 aliphatic rings. The third-order valence-corrected chi connectivity index (χ3v) is 2.75. The normalized spacial score (nSPS) is 51.2. The molecule has 0 spiro atoms. The van der Waals surface area contributed by atoms with Crippen molar-refractivity contribution < 1.29 is 29.2 Å². The van der Waals surface area contributed by atoms with E-state index in [-0.39, 0.29) is 6.29 Å². The van der Waals surface area contributed by atoms with E-state index in [0.717, 1.165) is 0 Å². The summed E-state index contributed by atoms with van der Waals surface area (Å²) in [6, 6.07) is 0. The Morgan fingerprint density at radius 3 is 2.67 bits per heavy atom. The van der Waals surface area contributed by atoms with Gasteiger partial charge in [-0.1, -0.05) is 0 Å². The second kappa shape index (κ2) is 4.32. The molecule has 2 rings (SSSR count). The van der Waals surface area contributed by atoms with Gasteiger partial charge in [0.25, 0.3) is 0 Å². The van der Waals surface area contributed by atoms with Crippen LogP contribution in [0.15, 0.2) is 0 Å². The van der Waals surface area contributed by atoms with Crippen LogP contribution >= 0.6 is 0 Å². The second-order valence-corrected chi connectivity index (χ2v) is 3.76. The average Bonchev–Trinajstić information content (AvgIpc) is 2.21. The first-order valence-corrected chi connectivity index (χ1v) is 4.95. The topological polar surface area (TPSA) is 77.4 Å². The van der Waals surface area contributed by atoms with E-state index >= 15 is 0 Å². The molecule has 0 radical (unpaired) electrons. The zero-order valence-electron chi connectivity index (χ0n) is 8.70. The molecule has 6 nitrogen and oxygen atoms in total. The van der Waals surface area contributed by atoms with Crippen LogP contribution in [0.2, 0.25) is 0 Å². The van der Waals surface area contributed by atoms with Crippen LogP contribution in [0.3, 0.4) is 0 Å². The van der Waals surface area contributed by atoms with Crippen molar-refractivity contribution in [3.05, 3.63) is 0 Å². The smallest absolute Gasteiger partial charge is 0.184 e. The maximum absolute atomic E-state index is 9.64. The lowest BCUT2D eigenvalue weighted by atomic mass is 9.98. The minimum absolute atomic E-state index is 0.329. The second-order valence-electron chi connectivity index (χ2n) is 3.76. The molecule has 6 heteroatoms. The first kappa shape index (κ1) is 11.3. The van der Waals surface area contributed by atoms with Crippen molar-refractivity contribution in [1.82, 2.24) is 0 Å². The lowest BCUT2D eigenvalue weighted by Crippen LogP contribution is -2.62. The number of hydrogen-bond acceptors (Lipinski definition) is 6. The molecular weight excluding hydrogens is 204 g/mol. The quantitative estimate of drug-likeness (QED) is 0.580. The van der Waals surface area contributed by atoms with E-state index in [0.29, 0.717) is 6.61 Å². The van der Waals surface area contributed by atoms with Crippen LogP contribution in [-0.4, -0.2) is 60.9 Å². The molecule has 1 unspecified atom stereocenters. The molecule has 2 heterocycles. The van der Waals surface area contributed by atoms with E-state index in [1.807, 2.05) is 0 Å². The molecule has 88 valence electrons. The van der Waals surface area contributed by atoms with Crippen molar-refractivity contribution >= 4 is 0 Å². The highest BCUT2D eigenvalue weighted by molar-refractivity contribution is 4.92. The van der Waals surface area contributed by atoms with E-state index in [1.165, 1.54) is 7.11 Å². The van der Waals surface area contributed by atoms with E-state index < -0.39 is 30.7 Å². The van der Waals surface area contributed by atoms with Gasteiger partial charge in [-0.05, 0) is 6.92 Å². The van der Waals surface area contributed by atoms with Gasteiger partial charge in [-0.25, -0.2) is 0 Å². The molecule has 15 heavy (non-hydrogen) atoms. The Morgan fingerprint density at radius 1 is 1.27 bits per heavy atom. The molecule has 2 aliphatic heterocycles. The number of ether oxygens (including phenoxy) is 4. The maximum Gasteiger partial charge on any atom is 0.184 e. The Labute approximate surface area is 87.7 Å². The van der Waals surface area contributed by atoms with Crippen LogP contribution in [0.5, 0.6) is 0 Å². The lowest BCUT2D eigenvalue weighted by Gasteiger charge is -2.45. The highest BCUT2D eigenvalue weighted by Gasteiger charge is 2.48. The molecule has 0 aromatic rings. The number of rotatable bonds is 1. The summed E-state index contributed by atoms with van der Waals surface area (Å²) in [5, 5.41) is 19.1. The predicted molar refractivity (Wildman–Crippen MR) is 48.0 cm³/mol. The summed E-state index contributed by atoms with van der Waals surface area (Å²) in [5.41, 5.74) is 0. The fraction of sp³-hybridized carbons (Fsp3) is 1.00. The van der Waals surface area contributed by atoms with Crippen molar-refractivity contribution in [3.8, 4) is 0 Å². The van der Waals surface area contributed by atoms with Gasteiger partial charge in [0.2, 0.25) is 0 Å². The van der Waals surface area contributed by atoms with Gasteiger partial charge in [-0.2, -0.15) is 0 Å². The fourth-order valence-electron chi connectivity index (χ4n) is 1.97. The molecule has 0 bridgehead atoms. The minimum atomic E-state index is -1.25. The Bertz CT molecular complexity index is 223. The third kappa shape index (κ3) is 2.01.